The van der Waals surface area contributed by atoms with Crippen molar-refractivity contribution >= 4 is 15.7 Å². The van der Waals surface area contributed by atoms with Crippen molar-refractivity contribution in [2.45, 2.75) is 11.8 Å². The van der Waals surface area contributed by atoms with Crippen LogP contribution in [-0.2, 0) is 10.0 Å². The number of para-hydroxylation sites is 1. The Labute approximate surface area is 161 Å². The fourth-order valence-corrected chi connectivity index (χ4v) is 4.58. The smallest absolute Gasteiger partial charge is 0.240 e. The second-order valence-corrected chi connectivity index (χ2v) is 8.43. The molecule has 1 heterocycles. The van der Waals surface area contributed by atoms with Gasteiger partial charge in [-0.1, -0.05) is 18.2 Å². The van der Waals surface area contributed by atoms with Crippen molar-refractivity contribution in [3.8, 4) is 5.75 Å². The lowest BCUT2D eigenvalue weighted by molar-refractivity contribution is 0.262. The molecule has 1 aliphatic heterocycles. The summed E-state index contributed by atoms with van der Waals surface area (Å²) in [6, 6.07) is 15.4. The Kier molecular flexibility index (Phi) is 6.36. The Hall–Kier alpha value is -2.09. The van der Waals surface area contributed by atoms with E-state index in [1.54, 1.807) is 32.2 Å². The molecule has 1 saturated heterocycles. The van der Waals surface area contributed by atoms with Crippen LogP contribution in [0.2, 0.25) is 0 Å². The molecule has 0 bridgehead atoms. The van der Waals surface area contributed by atoms with E-state index in [4.69, 9.17) is 4.74 Å². The minimum atomic E-state index is -3.51. The van der Waals surface area contributed by atoms with Gasteiger partial charge in [-0.25, -0.2) is 13.1 Å². The summed E-state index contributed by atoms with van der Waals surface area (Å²) in [5.74, 6) is 0.655. The van der Waals surface area contributed by atoms with E-state index in [1.165, 1.54) is 5.69 Å². The average Bonchev–Trinajstić information content (AvgIpc) is 2.68. The number of rotatable bonds is 7. The number of hydrogen-bond donors (Lipinski definition) is 1. The molecule has 1 fully saturated rings. The maximum Gasteiger partial charge on any atom is 0.240 e. The average molecular weight is 390 g/mol. The van der Waals surface area contributed by atoms with Crippen LogP contribution in [-0.4, -0.2) is 59.7 Å². The van der Waals surface area contributed by atoms with E-state index >= 15 is 0 Å². The predicted molar refractivity (Wildman–Crippen MR) is 108 cm³/mol. The zero-order valence-corrected chi connectivity index (χ0v) is 16.7. The van der Waals surface area contributed by atoms with E-state index in [-0.39, 0.29) is 0 Å². The largest absolute Gasteiger partial charge is 0.497 e. The van der Waals surface area contributed by atoms with E-state index in [1.807, 2.05) is 6.07 Å². The van der Waals surface area contributed by atoms with Gasteiger partial charge in [-0.15, -0.1) is 0 Å². The lowest BCUT2D eigenvalue weighted by atomic mass is 10.2. The lowest BCUT2D eigenvalue weighted by Gasteiger charge is -2.36. The van der Waals surface area contributed by atoms with Crippen LogP contribution >= 0.6 is 0 Å². The zero-order valence-electron chi connectivity index (χ0n) is 15.9. The molecule has 27 heavy (non-hydrogen) atoms. The topological polar surface area (TPSA) is 61.9 Å². The molecule has 7 heteroatoms. The second kappa shape index (κ2) is 8.73. The Morgan fingerprint density at radius 3 is 2.37 bits per heavy atom. The molecule has 2 aromatic carbocycles. The highest BCUT2D eigenvalue weighted by Gasteiger charge is 2.19. The van der Waals surface area contributed by atoms with Crippen molar-refractivity contribution in [3.05, 3.63) is 54.1 Å². The third kappa shape index (κ3) is 5.00. The molecule has 0 atom stereocenters. The Morgan fingerprint density at radius 2 is 1.74 bits per heavy atom. The molecule has 6 nitrogen and oxygen atoms in total. The molecule has 146 valence electrons. The van der Waals surface area contributed by atoms with Gasteiger partial charge in [0, 0.05) is 45.0 Å². The lowest BCUT2D eigenvalue weighted by Crippen LogP contribution is -2.48. The van der Waals surface area contributed by atoms with E-state index in [9.17, 15) is 8.42 Å². The fourth-order valence-electron chi connectivity index (χ4n) is 3.33. The van der Waals surface area contributed by atoms with Crippen LogP contribution in [0.3, 0.4) is 0 Å². The first-order valence-corrected chi connectivity index (χ1v) is 10.6. The highest BCUT2D eigenvalue weighted by atomic mass is 32.2. The summed E-state index contributed by atoms with van der Waals surface area (Å²) in [4.78, 5) is 4.96. The van der Waals surface area contributed by atoms with Crippen molar-refractivity contribution in [1.29, 1.82) is 0 Å². The standard InChI is InChI=1S/C20H27N3O3S/c1-17-16-19(26-2)8-9-20(17)27(24,25)21-10-11-22-12-14-23(15-13-22)18-6-4-3-5-7-18/h3-9,16,21H,10-15H2,1-2H3. The number of sulfonamides is 1. The van der Waals surface area contributed by atoms with E-state index in [0.29, 0.717) is 29.3 Å². The summed E-state index contributed by atoms with van der Waals surface area (Å²) in [5, 5.41) is 0. The Balaban J connectivity index is 1.49. The van der Waals surface area contributed by atoms with Crippen LogP contribution in [0.5, 0.6) is 5.75 Å². The maximum atomic E-state index is 12.6. The van der Waals surface area contributed by atoms with E-state index in [2.05, 4.69) is 38.8 Å². The predicted octanol–water partition coefficient (Wildman–Crippen LogP) is 2.10. The first-order valence-electron chi connectivity index (χ1n) is 9.16. The van der Waals surface area contributed by atoms with Crippen LogP contribution in [0.25, 0.3) is 0 Å². The number of methoxy groups -OCH3 is 1. The van der Waals surface area contributed by atoms with Crippen LogP contribution < -0.4 is 14.4 Å². The van der Waals surface area contributed by atoms with Gasteiger partial charge in [0.25, 0.3) is 0 Å². The van der Waals surface area contributed by atoms with Gasteiger partial charge in [0.05, 0.1) is 12.0 Å². The molecule has 0 unspecified atom stereocenters. The van der Waals surface area contributed by atoms with Crippen molar-refractivity contribution in [2.75, 3.05) is 51.3 Å². The Morgan fingerprint density at radius 1 is 1.04 bits per heavy atom. The highest BCUT2D eigenvalue weighted by molar-refractivity contribution is 7.89. The minimum absolute atomic E-state index is 0.303. The number of nitrogens with one attached hydrogen (secondary N) is 1. The molecule has 0 saturated carbocycles. The van der Waals surface area contributed by atoms with Gasteiger partial charge in [-0.05, 0) is 42.8 Å². The summed E-state index contributed by atoms with van der Waals surface area (Å²) in [6.45, 7) is 6.65. The van der Waals surface area contributed by atoms with Gasteiger partial charge in [0.2, 0.25) is 10.0 Å². The molecule has 1 aliphatic rings. The van der Waals surface area contributed by atoms with Gasteiger partial charge < -0.3 is 9.64 Å². The number of nitrogens with zero attached hydrogens (tertiary/aromatic N) is 2. The molecule has 1 N–H and O–H groups in total. The minimum Gasteiger partial charge on any atom is -0.497 e. The summed E-state index contributed by atoms with van der Waals surface area (Å²) >= 11 is 0. The number of aryl methyl sites for hydroxylation is 1. The number of hydrogen-bond acceptors (Lipinski definition) is 5. The normalized spacial score (nSPS) is 15.7. The molecule has 0 radical (unpaired) electrons. The number of ether oxygens (including phenoxy) is 1. The van der Waals surface area contributed by atoms with Crippen LogP contribution in [0.4, 0.5) is 5.69 Å². The summed E-state index contributed by atoms with van der Waals surface area (Å²) in [5.41, 5.74) is 1.92. The molecular formula is C20H27N3O3S. The third-order valence-electron chi connectivity index (χ3n) is 4.89. The van der Waals surface area contributed by atoms with Crippen LogP contribution in [0.15, 0.2) is 53.4 Å². The highest BCUT2D eigenvalue weighted by Crippen LogP contribution is 2.20. The molecular weight excluding hydrogens is 362 g/mol. The van der Waals surface area contributed by atoms with Gasteiger partial charge >= 0.3 is 0 Å². The molecule has 3 rings (SSSR count). The van der Waals surface area contributed by atoms with E-state index < -0.39 is 10.0 Å². The quantitative estimate of drug-likeness (QED) is 0.786. The third-order valence-corrected chi connectivity index (χ3v) is 6.51. The maximum absolute atomic E-state index is 12.6. The van der Waals surface area contributed by atoms with Gasteiger partial charge in [-0.2, -0.15) is 0 Å². The van der Waals surface area contributed by atoms with Crippen molar-refractivity contribution < 1.29 is 13.2 Å². The number of benzene rings is 2. The van der Waals surface area contributed by atoms with Gasteiger partial charge in [0.15, 0.2) is 0 Å². The second-order valence-electron chi connectivity index (χ2n) is 6.69. The van der Waals surface area contributed by atoms with Gasteiger partial charge in [-0.3, -0.25) is 4.90 Å². The molecule has 2 aromatic rings. The summed E-state index contributed by atoms with van der Waals surface area (Å²) < 4.78 is 33.0. The monoisotopic (exact) mass is 389 g/mol. The molecule has 0 aliphatic carbocycles. The van der Waals surface area contributed by atoms with Crippen LogP contribution in [0.1, 0.15) is 5.56 Å². The molecule has 0 amide bonds. The Bertz CT molecular complexity index is 848. The first kappa shape index (κ1) is 19.7. The van der Waals surface area contributed by atoms with Crippen molar-refractivity contribution in [1.82, 2.24) is 9.62 Å². The van der Waals surface area contributed by atoms with Gasteiger partial charge in [0.1, 0.15) is 5.75 Å². The van der Waals surface area contributed by atoms with E-state index in [0.717, 1.165) is 26.2 Å². The summed E-state index contributed by atoms with van der Waals surface area (Å²) in [7, 11) is -1.94. The number of piperazine rings is 1. The molecule has 0 spiro atoms. The van der Waals surface area contributed by atoms with Crippen molar-refractivity contribution in [3.63, 3.8) is 0 Å². The number of anilines is 1. The first-order chi connectivity index (χ1) is 13.0. The van der Waals surface area contributed by atoms with Crippen LogP contribution in [0, 0.1) is 6.92 Å². The summed E-state index contributed by atoms with van der Waals surface area (Å²) in [6.07, 6.45) is 0. The van der Waals surface area contributed by atoms with Crippen molar-refractivity contribution in [2.24, 2.45) is 0 Å². The SMILES string of the molecule is COc1ccc(S(=O)(=O)NCCN2CCN(c3ccccc3)CC2)c(C)c1. The fraction of sp³-hybridized carbons (Fsp3) is 0.400. The molecule has 0 aromatic heterocycles. The zero-order chi connectivity index (χ0) is 19.3.